The third-order valence-corrected chi connectivity index (χ3v) is 3.83. The Hall–Kier alpha value is -1.70. The van der Waals surface area contributed by atoms with E-state index < -0.39 is 0 Å². The summed E-state index contributed by atoms with van der Waals surface area (Å²) in [5, 5.41) is 11.3. The van der Waals surface area contributed by atoms with Crippen molar-refractivity contribution >= 4 is 34.7 Å². The van der Waals surface area contributed by atoms with Gasteiger partial charge in [0, 0.05) is 18.3 Å². The number of aromatic nitrogens is 2. The Labute approximate surface area is 151 Å². The quantitative estimate of drug-likeness (QED) is 0.580. The molecule has 2 aromatic rings. The van der Waals surface area contributed by atoms with Gasteiger partial charge >= 0.3 is 0 Å². The van der Waals surface area contributed by atoms with E-state index in [1.54, 1.807) is 29.1 Å². The van der Waals surface area contributed by atoms with E-state index in [0.717, 1.165) is 19.5 Å². The van der Waals surface area contributed by atoms with Gasteiger partial charge in [0.2, 0.25) is 0 Å². The molecule has 8 heteroatoms. The standard InChI is InChI=1S/C16H21ClFN5S/c1-22(2)9-5-8-19-16(24)20-15-13(17)11-23(21-15)10-12-6-3-4-7-14(12)18/h3-4,6-7,11H,5,8-10H2,1-2H3,(H2,19,20,21,24). The van der Waals surface area contributed by atoms with Crippen molar-refractivity contribution in [3.05, 3.63) is 46.9 Å². The fourth-order valence-corrected chi connectivity index (χ4v) is 2.51. The normalized spacial score (nSPS) is 10.9. The molecule has 1 aromatic carbocycles. The van der Waals surface area contributed by atoms with Gasteiger partial charge in [-0.1, -0.05) is 29.8 Å². The third kappa shape index (κ3) is 5.74. The fourth-order valence-electron chi connectivity index (χ4n) is 2.11. The molecule has 0 bridgehead atoms. The summed E-state index contributed by atoms with van der Waals surface area (Å²) < 4.78 is 15.3. The summed E-state index contributed by atoms with van der Waals surface area (Å²) >= 11 is 11.4. The highest BCUT2D eigenvalue weighted by atomic mass is 35.5. The van der Waals surface area contributed by atoms with Crippen LogP contribution in [0, 0.1) is 5.82 Å². The van der Waals surface area contributed by atoms with Crippen LogP contribution in [-0.4, -0.2) is 47.0 Å². The van der Waals surface area contributed by atoms with E-state index in [0.29, 0.717) is 28.1 Å². The van der Waals surface area contributed by atoms with Crippen molar-refractivity contribution in [1.29, 1.82) is 0 Å². The molecule has 0 spiro atoms. The number of rotatable bonds is 7. The molecule has 130 valence electrons. The van der Waals surface area contributed by atoms with Crippen molar-refractivity contribution in [1.82, 2.24) is 20.0 Å². The lowest BCUT2D eigenvalue weighted by Crippen LogP contribution is -2.31. The van der Waals surface area contributed by atoms with E-state index >= 15 is 0 Å². The van der Waals surface area contributed by atoms with Crippen LogP contribution in [0.25, 0.3) is 0 Å². The largest absolute Gasteiger partial charge is 0.362 e. The number of nitrogens with zero attached hydrogens (tertiary/aromatic N) is 3. The third-order valence-electron chi connectivity index (χ3n) is 3.31. The highest BCUT2D eigenvalue weighted by Crippen LogP contribution is 2.20. The number of thiocarbonyl (C=S) groups is 1. The van der Waals surface area contributed by atoms with Gasteiger partial charge in [0.15, 0.2) is 10.9 Å². The number of nitrogens with one attached hydrogen (secondary N) is 2. The van der Waals surface area contributed by atoms with Crippen LogP contribution >= 0.6 is 23.8 Å². The Morgan fingerprint density at radius 1 is 1.38 bits per heavy atom. The molecule has 2 rings (SSSR count). The first-order chi connectivity index (χ1) is 11.5. The summed E-state index contributed by atoms with van der Waals surface area (Å²) in [5.74, 6) is 0.190. The first-order valence-corrected chi connectivity index (χ1v) is 8.40. The van der Waals surface area contributed by atoms with E-state index in [1.165, 1.54) is 6.07 Å². The Morgan fingerprint density at radius 3 is 2.83 bits per heavy atom. The number of anilines is 1. The van der Waals surface area contributed by atoms with Gasteiger partial charge in [0.25, 0.3) is 0 Å². The van der Waals surface area contributed by atoms with Gasteiger partial charge in [-0.25, -0.2) is 4.39 Å². The van der Waals surface area contributed by atoms with Crippen LogP contribution in [0.5, 0.6) is 0 Å². The molecule has 0 saturated carbocycles. The number of hydrogen-bond donors (Lipinski definition) is 2. The summed E-state index contributed by atoms with van der Waals surface area (Å²) in [5.41, 5.74) is 0.549. The minimum absolute atomic E-state index is 0.267. The predicted molar refractivity (Wildman–Crippen MR) is 100 cm³/mol. The average Bonchev–Trinajstić information content (AvgIpc) is 2.85. The molecule has 0 radical (unpaired) electrons. The Morgan fingerprint density at radius 2 is 2.12 bits per heavy atom. The van der Waals surface area contributed by atoms with Crippen LogP contribution in [0.2, 0.25) is 5.02 Å². The highest BCUT2D eigenvalue weighted by molar-refractivity contribution is 7.80. The van der Waals surface area contributed by atoms with Gasteiger partial charge in [-0.2, -0.15) is 5.10 Å². The maximum absolute atomic E-state index is 13.7. The summed E-state index contributed by atoms with van der Waals surface area (Å²) in [7, 11) is 4.05. The van der Waals surface area contributed by atoms with Gasteiger partial charge < -0.3 is 15.5 Å². The molecule has 24 heavy (non-hydrogen) atoms. The predicted octanol–water partition coefficient (Wildman–Crippen LogP) is 2.96. The van der Waals surface area contributed by atoms with Gasteiger partial charge in [0.1, 0.15) is 10.8 Å². The van der Waals surface area contributed by atoms with E-state index in [1.807, 2.05) is 14.1 Å². The molecule has 0 saturated heterocycles. The molecular formula is C16H21ClFN5S. The molecule has 0 unspecified atom stereocenters. The summed E-state index contributed by atoms with van der Waals surface area (Å²) in [6, 6.07) is 6.58. The van der Waals surface area contributed by atoms with Crippen molar-refractivity contribution in [3.8, 4) is 0 Å². The molecule has 0 fully saturated rings. The lowest BCUT2D eigenvalue weighted by molar-refractivity contribution is 0.400. The van der Waals surface area contributed by atoms with Crippen molar-refractivity contribution in [2.45, 2.75) is 13.0 Å². The Kier molecular flexibility index (Phi) is 6.96. The molecule has 1 heterocycles. The highest BCUT2D eigenvalue weighted by Gasteiger charge is 2.10. The molecule has 0 atom stereocenters. The van der Waals surface area contributed by atoms with Gasteiger partial charge in [-0.3, -0.25) is 4.68 Å². The van der Waals surface area contributed by atoms with Crippen molar-refractivity contribution in [2.24, 2.45) is 0 Å². The molecule has 0 aliphatic rings. The zero-order chi connectivity index (χ0) is 17.5. The van der Waals surface area contributed by atoms with Crippen molar-refractivity contribution in [2.75, 3.05) is 32.5 Å². The SMILES string of the molecule is CN(C)CCCNC(=S)Nc1nn(Cc2ccccc2F)cc1Cl. The summed E-state index contributed by atoms with van der Waals surface area (Å²) in [4.78, 5) is 2.11. The smallest absolute Gasteiger partial charge is 0.173 e. The summed E-state index contributed by atoms with van der Waals surface area (Å²) in [6.45, 7) is 2.04. The van der Waals surface area contributed by atoms with Crippen molar-refractivity contribution < 1.29 is 4.39 Å². The molecule has 1 aromatic heterocycles. The molecular weight excluding hydrogens is 349 g/mol. The van der Waals surface area contributed by atoms with E-state index in [2.05, 4.69) is 20.6 Å². The van der Waals surface area contributed by atoms with Gasteiger partial charge in [-0.05, 0) is 45.3 Å². The number of hydrogen-bond acceptors (Lipinski definition) is 3. The minimum Gasteiger partial charge on any atom is -0.362 e. The molecule has 0 aliphatic heterocycles. The molecule has 0 aliphatic carbocycles. The zero-order valence-corrected chi connectivity index (χ0v) is 15.3. The van der Waals surface area contributed by atoms with Crippen molar-refractivity contribution in [3.63, 3.8) is 0 Å². The topological polar surface area (TPSA) is 45.1 Å². The van der Waals surface area contributed by atoms with Crippen LogP contribution < -0.4 is 10.6 Å². The van der Waals surface area contributed by atoms with Crippen LogP contribution in [-0.2, 0) is 6.54 Å². The van der Waals surface area contributed by atoms with Crippen LogP contribution in [0.3, 0.4) is 0 Å². The van der Waals surface area contributed by atoms with Gasteiger partial charge in [-0.15, -0.1) is 0 Å². The summed E-state index contributed by atoms with van der Waals surface area (Å²) in [6.07, 6.45) is 2.62. The van der Waals surface area contributed by atoms with E-state index in [-0.39, 0.29) is 5.82 Å². The second-order valence-electron chi connectivity index (χ2n) is 5.65. The van der Waals surface area contributed by atoms with Gasteiger partial charge in [0.05, 0.1) is 6.54 Å². The number of benzene rings is 1. The first-order valence-electron chi connectivity index (χ1n) is 7.61. The van der Waals surface area contributed by atoms with E-state index in [4.69, 9.17) is 23.8 Å². The lowest BCUT2D eigenvalue weighted by Gasteiger charge is -2.11. The first kappa shape index (κ1) is 18.6. The Bertz CT molecular complexity index is 689. The monoisotopic (exact) mass is 369 g/mol. The van der Waals surface area contributed by atoms with E-state index in [9.17, 15) is 4.39 Å². The van der Waals surface area contributed by atoms with Crippen LogP contribution in [0.15, 0.2) is 30.5 Å². The maximum atomic E-state index is 13.7. The minimum atomic E-state index is -0.267. The molecule has 0 amide bonds. The molecule has 2 N–H and O–H groups in total. The second-order valence-corrected chi connectivity index (χ2v) is 6.47. The van der Waals surface area contributed by atoms with Crippen LogP contribution in [0.4, 0.5) is 10.2 Å². The Balaban J connectivity index is 1.89. The molecule has 5 nitrogen and oxygen atoms in total. The van der Waals surface area contributed by atoms with Crippen LogP contribution in [0.1, 0.15) is 12.0 Å². The number of halogens is 2. The second kappa shape index (κ2) is 8.96. The lowest BCUT2D eigenvalue weighted by atomic mass is 10.2. The maximum Gasteiger partial charge on any atom is 0.173 e. The fraction of sp³-hybridized carbons (Fsp3) is 0.375. The average molecular weight is 370 g/mol. The zero-order valence-electron chi connectivity index (χ0n) is 13.7.